The Morgan fingerprint density at radius 2 is 1.25 bits per heavy atom. The third-order valence-electron chi connectivity index (χ3n) is 0. The Kier molecular flexibility index (Phi) is 360. The Morgan fingerprint density at radius 1 is 1.25 bits per heavy atom. The maximum Gasteiger partial charge on any atom is 2.00 e. The van der Waals surface area contributed by atoms with Crippen molar-refractivity contribution in [2.24, 2.45) is 0 Å². The van der Waals surface area contributed by atoms with Crippen LogP contribution in [0.5, 0.6) is 0 Å². The zero-order valence-corrected chi connectivity index (χ0v) is 5.86. The molecule has 0 fully saturated rings. The first-order chi connectivity index (χ1) is 1.00. The van der Waals surface area contributed by atoms with Crippen LogP contribution >= 0.6 is 0 Å². The molecule has 0 aliphatic rings. The van der Waals surface area contributed by atoms with E-state index in [-0.39, 0.29) is 36.5 Å². The molecule has 0 unspecified atom stereocenters. The summed E-state index contributed by atoms with van der Waals surface area (Å²) in [6.45, 7) is 4.75. The standard InChI is InChI=1S/CN.Cu.Zn/c1-2;;/q-1;+1;+2. The SMILES string of the molecule is [C-]#N.[Cu+].[Zn+2]. The molecule has 0 aliphatic carbocycles. The number of nitrogens with zero attached hydrogens (tertiary/aromatic N) is 1. The minimum Gasteiger partial charge on any atom is -0.512 e. The topological polar surface area (TPSA) is 23.8 Å². The number of rotatable bonds is 0. The molecule has 3 heteroatoms. The van der Waals surface area contributed by atoms with E-state index in [4.69, 9.17) is 11.8 Å². The molecule has 0 bridgehead atoms. The van der Waals surface area contributed by atoms with E-state index in [1.165, 1.54) is 0 Å². The van der Waals surface area contributed by atoms with Gasteiger partial charge in [0.05, 0.1) is 0 Å². The molecule has 0 atom stereocenters. The van der Waals surface area contributed by atoms with Gasteiger partial charge in [0.2, 0.25) is 0 Å². The minimum atomic E-state index is 0. The molecule has 0 aromatic rings. The van der Waals surface area contributed by atoms with Crippen LogP contribution in [-0.2, 0) is 36.5 Å². The van der Waals surface area contributed by atoms with Crippen LogP contribution < -0.4 is 0 Å². The van der Waals surface area contributed by atoms with E-state index in [2.05, 4.69) is 0 Å². The van der Waals surface area contributed by atoms with Gasteiger partial charge in [-0.15, -0.1) is 0 Å². The van der Waals surface area contributed by atoms with Gasteiger partial charge in [-0.1, -0.05) is 0 Å². The fourth-order valence-electron chi connectivity index (χ4n) is 0. The van der Waals surface area contributed by atoms with E-state index < -0.39 is 0 Å². The second kappa shape index (κ2) is 62.9. The third-order valence-corrected chi connectivity index (χ3v) is 0. The molecule has 0 aliphatic heterocycles. The van der Waals surface area contributed by atoms with Crippen molar-refractivity contribution in [3.8, 4) is 0 Å². The van der Waals surface area contributed by atoms with Gasteiger partial charge < -0.3 is 11.8 Å². The maximum atomic E-state index is 6.25. The molecular formula is CCuNZn+2. The van der Waals surface area contributed by atoms with Gasteiger partial charge in [0.15, 0.2) is 0 Å². The predicted molar refractivity (Wildman–Crippen MR) is 4.97 cm³/mol. The molecule has 0 saturated carbocycles. The van der Waals surface area contributed by atoms with Gasteiger partial charge in [0.25, 0.3) is 0 Å². The molecule has 0 heterocycles. The summed E-state index contributed by atoms with van der Waals surface area (Å²) in [7, 11) is 0. The van der Waals surface area contributed by atoms with Gasteiger partial charge in [0.1, 0.15) is 0 Å². The fourth-order valence-corrected chi connectivity index (χ4v) is 0. The van der Waals surface area contributed by atoms with E-state index in [0.717, 1.165) is 0 Å². The normalized spacial score (nSPS) is 0.500. The molecule has 0 radical (unpaired) electrons. The molecule has 0 rings (SSSR count). The largest absolute Gasteiger partial charge is 2.00 e. The Morgan fingerprint density at radius 3 is 1.25 bits per heavy atom. The Balaban J connectivity index is -0.00000000500. The molecule has 0 spiro atoms. The Hall–Kier alpha value is 0.633. The van der Waals surface area contributed by atoms with Gasteiger partial charge in [-0.3, -0.25) is 0 Å². The van der Waals surface area contributed by atoms with Gasteiger partial charge in [-0.05, 0) is 0 Å². The summed E-state index contributed by atoms with van der Waals surface area (Å²) in [4.78, 5) is 0. The van der Waals surface area contributed by atoms with E-state index in [1.54, 1.807) is 0 Å². The molecule has 20 valence electrons. The molecule has 4 heavy (non-hydrogen) atoms. The summed E-state index contributed by atoms with van der Waals surface area (Å²) in [6, 6.07) is 0. The number of hydrogen-bond donors (Lipinski definition) is 0. The van der Waals surface area contributed by atoms with Crippen LogP contribution in [0.1, 0.15) is 0 Å². The summed E-state index contributed by atoms with van der Waals surface area (Å²) in [6.07, 6.45) is 0. The first kappa shape index (κ1) is 22.9. The molecule has 0 aromatic carbocycles. The molecule has 0 N–H and O–H groups in total. The minimum absolute atomic E-state index is 0. The molecule has 0 saturated heterocycles. The monoisotopic (exact) mass is 153 g/mol. The number of hydrogen-bond acceptors (Lipinski definition) is 1. The van der Waals surface area contributed by atoms with Crippen molar-refractivity contribution in [1.82, 2.24) is 0 Å². The summed E-state index contributed by atoms with van der Waals surface area (Å²) in [5.74, 6) is 0. The third kappa shape index (κ3) is 17.5. The zero-order valence-electron chi connectivity index (χ0n) is 1.96. The average Bonchev–Trinajstić information content (AvgIpc) is 1.00. The first-order valence-electron chi connectivity index (χ1n) is 0.224. The van der Waals surface area contributed by atoms with Crippen molar-refractivity contribution in [2.75, 3.05) is 0 Å². The fraction of sp³-hybridized carbons (Fsp3) is 0. The van der Waals surface area contributed by atoms with Crippen molar-refractivity contribution >= 4 is 0 Å². The quantitative estimate of drug-likeness (QED) is 0.359. The molecular weight excluding hydrogens is 155 g/mol. The van der Waals surface area contributed by atoms with Crippen LogP contribution in [0.2, 0.25) is 0 Å². The van der Waals surface area contributed by atoms with E-state index in [1.807, 2.05) is 0 Å². The van der Waals surface area contributed by atoms with Crippen molar-refractivity contribution < 1.29 is 36.5 Å². The van der Waals surface area contributed by atoms with Crippen LogP contribution in [0.15, 0.2) is 0 Å². The second-order valence-electron chi connectivity index (χ2n) is 0. The second-order valence-corrected chi connectivity index (χ2v) is 0. The maximum absolute atomic E-state index is 6.25. The van der Waals surface area contributed by atoms with Crippen LogP contribution in [0.3, 0.4) is 0 Å². The molecule has 1 nitrogen and oxygen atoms in total. The van der Waals surface area contributed by atoms with Crippen molar-refractivity contribution in [2.45, 2.75) is 0 Å². The van der Waals surface area contributed by atoms with Crippen molar-refractivity contribution in [1.29, 1.82) is 5.26 Å². The smallest absolute Gasteiger partial charge is 0.512 e. The van der Waals surface area contributed by atoms with Crippen LogP contribution in [-0.4, -0.2) is 0 Å². The molecule has 0 aromatic heterocycles. The predicted octanol–water partition coefficient (Wildman–Crippen LogP) is 0.0914. The summed E-state index contributed by atoms with van der Waals surface area (Å²) in [5.41, 5.74) is 0. The Labute approximate surface area is 48.6 Å². The van der Waals surface area contributed by atoms with Gasteiger partial charge in [-0.2, -0.15) is 0 Å². The van der Waals surface area contributed by atoms with E-state index in [9.17, 15) is 0 Å². The first-order valence-corrected chi connectivity index (χ1v) is 0.224. The van der Waals surface area contributed by atoms with Crippen LogP contribution in [0, 0.1) is 11.8 Å². The van der Waals surface area contributed by atoms with Crippen molar-refractivity contribution in [3.05, 3.63) is 6.57 Å². The van der Waals surface area contributed by atoms with E-state index >= 15 is 0 Å². The Bertz CT molecular complexity index is 12.8. The van der Waals surface area contributed by atoms with Gasteiger partial charge in [-0.25, -0.2) is 0 Å². The molecule has 0 amide bonds. The van der Waals surface area contributed by atoms with Crippen LogP contribution in [0.25, 0.3) is 0 Å². The van der Waals surface area contributed by atoms with Crippen molar-refractivity contribution in [3.63, 3.8) is 0 Å². The van der Waals surface area contributed by atoms with Gasteiger partial charge >= 0.3 is 36.5 Å². The average molecular weight is 155 g/mol. The summed E-state index contributed by atoms with van der Waals surface area (Å²) in [5, 5.41) is 6.25. The van der Waals surface area contributed by atoms with E-state index in [0.29, 0.717) is 0 Å². The summed E-state index contributed by atoms with van der Waals surface area (Å²) >= 11 is 0. The summed E-state index contributed by atoms with van der Waals surface area (Å²) < 4.78 is 0. The van der Waals surface area contributed by atoms with Gasteiger partial charge in [0, 0.05) is 0 Å². The van der Waals surface area contributed by atoms with Crippen LogP contribution in [0.4, 0.5) is 0 Å². The zero-order chi connectivity index (χ0) is 2.00.